The van der Waals surface area contributed by atoms with Crippen molar-refractivity contribution < 1.29 is 5.11 Å². The summed E-state index contributed by atoms with van der Waals surface area (Å²) in [6.45, 7) is 5.12. The summed E-state index contributed by atoms with van der Waals surface area (Å²) in [6, 6.07) is 0. The standard InChI is InChI=1S/C10H20N4O/c1-4-10(2,5-6-15)11-7-9-8-14(3)13-12-9/h8,11,15H,4-7H2,1-3H3. The lowest BCUT2D eigenvalue weighted by molar-refractivity contribution is 0.214. The zero-order valence-electron chi connectivity index (χ0n) is 9.69. The fourth-order valence-electron chi connectivity index (χ4n) is 1.42. The molecule has 1 unspecified atom stereocenters. The molecule has 1 atom stereocenters. The Balaban J connectivity index is 2.47. The van der Waals surface area contributed by atoms with Gasteiger partial charge in [-0.15, -0.1) is 5.10 Å². The fourth-order valence-corrected chi connectivity index (χ4v) is 1.42. The van der Waals surface area contributed by atoms with Crippen LogP contribution in [0.2, 0.25) is 0 Å². The van der Waals surface area contributed by atoms with Gasteiger partial charge in [-0.05, 0) is 19.8 Å². The van der Waals surface area contributed by atoms with E-state index in [0.29, 0.717) is 6.54 Å². The maximum Gasteiger partial charge on any atom is 0.0964 e. The molecule has 0 aliphatic rings. The van der Waals surface area contributed by atoms with Crippen molar-refractivity contribution in [2.45, 2.75) is 38.8 Å². The van der Waals surface area contributed by atoms with E-state index in [1.54, 1.807) is 4.68 Å². The molecule has 1 aromatic heterocycles. The maximum absolute atomic E-state index is 8.96. The van der Waals surface area contributed by atoms with Gasteiger partial charge in [0.1, 0.15) is 0 Å². The number of rotatable bonds is 6. The topological polar surface area (TPSA) is 63.0 Å². The van der Waals surface area contributed by atoms with E-state index in [1.807, 2.05) is 13.2 Å². The summed E-state index contributed by atoms with van der Waals surface area (Å²) in [5, 5.41) is 20.2. The van der Waals surface area contributed by atoms with Crippen molar-refractivity contribution in [3.05, 3.63) is 11.9 Å². The fraction of sp³-hybridized carbons (Fsp3) is 0.800. The smallest absolute Gasteiger partial charge is 0.0964 e. The predicted molar refractivity (Wildman–Crippen MR) is 58.2 cm³/mol. The number of aliphatic hydroxyl groups is 1. The molecule has 0 aromatic carbocycles. The van der Waals surface area contributed by atoms with Gasteiger partial charge in [0.2, 0.25) is 0 Å². The summed E-state index contributed by atoms with van der Waals surface area (Å²) in [5.74, 6) is 0. The van der Waals surface area contributed by atoms with Gasteiger partial charge in [-0.1, -0.05) is 12.1 Å². The quantitative estimate of drug-likeness (QED) is 0.719. The van der Waals surface area contributed by atoms with Crippen LogP contribution in [0.1, 0.15) is 32.4 Å². The number of nitrogens with zero attached hydrogens (tertiary/aromatic N) is 3. The van der Waals surface area contributed by atoms with E-state index in [9.17, 15) is 0 Å². The molecule has 0 bridgehead atoms. The van der Waals surface area contributed by atoms with Crippen LogP contribution < -0.4 is 5.32 Å². The average Bonchev–Trinajstić information content (AvgIpc) is 2.62. The average molecular weight is 212 g/mol. The highest BCUT2D eigenvalue weighted by atomic mass is 16.3. The number of aliphatic hydroxyl groups excluding tert-OH is 1. The normalized spacial score (nSPS) is 15.2. The Kier molecular flexibility index (Phi) is 4.23. The number of hydrogen-bond acceptors (Lipinski definition) is 4. The zero-order valence-corrected chi connectivity index (χ0v) is 9.69. The summed E-state index contributed by atoms with van der Waals surface area (Å²) in [7, 11) is 1.85. The monoisotopic (exact) mass is 212 g/mol. The van der Waals surface area contributed by atoms with Gasteiger partial charge in [-0.2, -0.15) is 0 Å². The minimum atomic E-state index is -0.0216. The van der Waals surface area contributed by atoms with E-state index in [4.69, 9.17) is 5.11 Å². The van der Waals surface area contributed by atoms with Crippen LogP contribution in [0, 0.1) is 0 Å². The van der Waals surface area contributed by atoms with Gasteiger partial charge in [0, 0.05) is 31.9 Å². The largest absolute Gasteiger partial charge is 0.396 e. The van der Waals surface area contributed by atoms with Crippen LogP contribution in [-0.2, 0) is 13.6 Å². The highest BCUT2D eigenvalue weighted by Gasteiger charge is 2.20. The van der Waals surface area contributed by atoms with Gasteiger partial charge in [0.05, 0.1) is 5.69 Å². The molecule has 1 heterocycles. The molecule has 0 spiro atoms. The molecular weight excluding hydrogens is 192 g/mol. The number of aryl methyl sites for hydroxylation is 1. The SMILES string of the molecule is CCC(C)(CCO)NCc1cn(C)nn1. The summed E-state index contributed by atoms with van der Waals surface area (Å²) < 4.78 is 1.69. The molecule has 86 valence electrons. The van der Waals surface area contributed by atoms with E-state index in [1.165, 1.54) is 0 Å². The van der Waals surface area contributed by atoms with Gasteiger partial charge in [0.25, 0.3) is 0 Å². The molecule has 0 saturated carbocycles. The second-order valence-electron chi connectivity index (χ2n) is 4.12. The van der Waals surface area contributed by atoms with Crippen molar-refractivity contribution in [3.8, 4) is 0 Å². The summed E-state index contributed by atoms with van der Waals surface area (Å²) in [5.41, 5.74) is 0.904. The van der Waals surface area contributed by atoms with E-state index >= 15 is 0 Å². The van der Waals surface area contributed by atoms with Gasteiger partial charge in [-0.3, -0.25) is 4.68 Å². The highest BCUT2D eigenvalue weighted by molar-refractivity contribution is 4.93. The first-order chi connectivity index (χ1) is 7.09. The summed E-state index contributed by atoms with van der Waals surface area (Å²) in [6.07, 6.45) is 3.62. The third-order valence-electron chi connectivity index (χ3n) is 2.79. The minimum absolute atomic E-state index is 0.0216. The van der Waals surface area contributed by atoms with Gasteiger partial charge < -0.3 is 10.4 Å². The second kappa shape index (κ2) is 5.23. The first-order valence-electron chi connectivity index (χ1n) is 5.31. The van der Waals surface area contributed by atoms with E-state index in [-0.39, 0.29) is 12.1 Å². The van der Waals surface area contributed by atoms with Gasteiger partial charge >= 0.3 is 0 Å². The van der Waals surface area contributed by atoms with Crippen molar-refractivity contribution in [1.29, 1.82) is 0 Å². The minimum Gasteiger partial charge on any atom is -0.396 e. The van der Waals surface area contributed by atoms with E-state index < -0.39 is 0 Å². The molecule has 5 heteroatoms. The molecule has 0 aliphatic carbocycles. The lowest BCUT2D eigenvalue weighted by atomic mass is 9.95. The molecule has 1 rings (SSSR count). The molecule has 0 fully saturated rings. The first-order valence-corrected chi connectivity index (χ1v) is 5.31. The summed E-state index contributed by atoms with van der Waals surface area (Å²) >= 11 is 0. The third kappa shape index (κ3) is 3.60. The van der Waals surface area contributed by atoms with Crippen molar-refractivity contribution in [3.63, 3.8) is 0 Å². The molecule has 15 heavy (non-hydrogen) atoms. The van der Waals surface area contributed by atoms with Crippen LogP contribution in [0.5, 0.6) is 0 Å². The van der Waals surface area contributed by atoms with Crippen molar-refractivity contribution >= 4 is 0 Å². The number of aromatic nitrogens is 3. The number of hydrogen-bond donors (Lipinski definition) is 2. The Hall–Kier alpha value is -0.940. The summed E-state index contributed by atoms with van der Waals surface area (Å²) in [4.78, 5) is 0. The van der Waals surface area contributed by atoms with Crippen LogP contribution in [-0.4, -0.2) is 32.2 Å². The maximum atomic E-state index is 8.96. The van der Waals surface area contributed by atoms with Gasteiger partial charge in [-0.25, -0.2) is 0 Å². The lowest BCUT2D eigenvalue weighted by Gasteiger charge is -2.28. The first kappa shape index (κ1) is 12.1. The Morgan fingerprint density at radius 1 is 1.60 bits per heavy atom. The Morgan fingerprint density at radius 2 is 2.33 bits per heavy atom. The molecule has 1 aromatic rings. The lowest BCUT2D eigenvalue weighted by Crippen LogP contribution is -2.42. The molecule has 5 nitrogen and oxygen atoms in total. The second-order valence-corrected chi connectivity index (χ2v) is 4.12. The zero-order chi connectivity index (χ0) is 11.3. The third-order valence-corrected chi connectivity index (χ3v) is 2.79. The molecular formula is C10H20N4O. The highest BCUT2D eigenvalue weighted by Crippen LogP contribution is 2.14. The van der Waals surface area contributed by atoms with Crippen LogP contribution >= 0.6 is 0 Å². The van der Waals surface area contributed by atoms with E-state index in [0.717, 1.165) is 18.5 Å². The van der Waals surface area contributed by atoms with Crippen LogP contribution in [0.4, 0.5) is 0 Å². The molecule has 0 amide bonds. The van der Waals surface area contributed by atoms with E-state index in [2.05, 4.69) is 29.5 Å². The Morgan fingerprint density at radius 3 is 2.80 bits per heavy atom. The van der Waals surface area contributed by atoms with Crippen LogP contribution in [0.15, 0.2) is 6.20 Å². The van der Waals surface area contributed by atoms with Crippen molar-refractivity contribution in [1.82, 2.24) is 20.3 Å². The van der Waals surface area contributed by atoms with Gasteiger partial charge in [0.15, 0.2) is 0 Å². The molecule has 0 saturated heterocycles. The van der Waals surface area contributed by atoms with Crippen molar-refractivity contribution in [2.75, 3.05) is 6.61 Å². The Bertz CT molecular complexity index is 299. The van der Waals surface area contributed by atoms with Crippen LogP contribution in [0.25, 0.3) is 0 Å². The van der Waals surface area contributed by atoms with Crippen molar-refractivity contribution in [2.24, 2.45) is 7.05 Å². The Labute approximate surface area is 90.5 Å². The molecule has 0 aliphatic heterocycles. The molecule has 0 radical (unpaired) electrons. The number of nitrogens with one attached hydrogen (secondary N) is 1. The predicted octanol–water partition coefficient (Wildman–Crippen LogP) is 0.456. The molecule has 2 N–H and O–H groups in total. The van der Waals surface area contributed by atoms with Crippen LogP contribution in [0.3, 0.4) is 0 Å².